The fourth-order valence-electron chi connectivity index (χ4n) is 4.64. The first-order valence-electron chi connectivity index (χ1n) is 14.4. The van der Waals surface area contributed by atoms with Gasteiger partial charge in [-0.1, -0.05) is 121 Å². The maximum Gasteiger partial charge on any atom is 0.408 e. The van der Waals surface area contributed by atoms with Crippen molar-refractivity contribution in [3.63, 3.8) is 0 Å². The Kier molecular flexibility index (Phi) is 11.6. The summed E-state index contributed by atoms with van der Waals surface area (Å²) in [4.78, 5) is 52.4. The minimum absolute atomic E-state index is 0.0291. The molecule has 0 aliphatic rings. The largest absolute Gasteiger partial charge is 0.445 e. The minimum atomic E-state index is -1.07. The number of rotatable bonds is 14. The molecule has 3 atom stereocenters. The molecule has 4 aromatic rings. The van der Waals surface area contributed by atoms with E-state index in [2.05, 4.69) is 16.0 Å². The monoisotopic (exact) mass is 592 g/mol. The summed E-state index contributed by atoms with van der Waals surface area (Å²) in [5.74, 6) is -1.86. The number of carbonyl (C=O) groups excluding carboxylic acids is 4. The average Bonchev–Trinajstić information content (AvgIpc) is 3.04. The van der Waals surface area contributed by atoms with E-state index in [4.69, 9.17) is 10.5 Å². The highest BCUT2D eigenvalue weighted by atomic mass is 16.5. The standard InChI is InChI=1S/C35H36N4O5/c36-32(40)29(21-25-13-5-1-6-14-25)37-33(41)30(22-26-15-7-2-8-16-26)38-34(42)31(23-27-17-9-3-10-18-27)39-35(43)44-24-28-19-11-4-12-20-28/h1-20,29-31H,21-24H2,(H2,36,40)(H,37,41)(H,38,42)(H,39,43). The third kappa shape index (κ3) is 10.1. The molecule has 0 aromatic heterocycles. The zero-order valence-electron chi connectivity index (χ0n) is 24.2. The highest BCUT2D eigenvalue weighted by Crippen LogP contribution is 2.10. The smallest absolute Gasteiger partial charge is 0.408 e. The molecule has 0 aliphatic carbocycles. The van der Waals surface area contributed by atoms with E-state index >= 15 is 0 Å². The fraction of sp³-hybridized carbons (Fsp3) is 0.200. The van der Waals surface area contributed by atoms with Crippen LogP contribution in [0.4, 0.5) is 4.79 Å². The molecule has 0 fully saturated rings. The Morgan fingerprint density at radius 1 is 0.500 bits per heavy atom. The van der Waals surface area contributed by atoms with Gasteiger partial charge >= 0.3 is 6.09 Å². The van der Waals surface area contributed by atoms with Crippen LogP contribution in [0, 0.1) is 0 Å². The van der Waals surface area contributed by atoms with E-state index in [0.29, 0.717) is 0 Å². The van der Waals surface area contributed by atoms with E-state index < -0.39 is 41.9 Å². The minimum Gasteiger partial charge on any atom is -0.445 e. The van der Waals surface area contributed by atoms with Crippen molar-refractivity contribution >= 4 is 23.8 Å². The van der Waals surface area contributed by atoms with Crippen LogP contribution in [-0.4, -0.2) is 41.9 Å². The Morgan fingerprint density at radius 3 is 1.25 bits per heavy atom. The van der Waals surface area contributed by atoms with Crippen molar-refractivity contribution in [2.24, 2.45) is 5.73 Å². The van der Waals surface area contributed by atoms with Crippen molar-refractivity contribution in [3.8, 4) is 0 Å². The summed E-state index contributed by atoms with van der Waals surface area (Å²) in [6, 6.07) is 33.6. The molecule has 4 amide bonds. The van der Waals surface area contributed by atoms with Gasteiger partial charge in [-0.15, -0.1) is 0 Å². The molecule has 4 rings (SSSR count). The van der Waals surface area contributed by atoms with Crippen molar-refractivity contribution in [3.05, 3.63) is 144 Å². The number of nitrogens with two attached hydrogens (primary N) is 1. The predicted octanol–water partition coefficient (Wildman–Crippen LogP) is 3.46. The Balaban J connectivity index is 1.51. The van der Waals surface area contributed by atoms with Crippen LogP contribution in [0.1, 0.15) is 22.3 Å². The van der Waals surface area contributed by atoms with E-state index in [1.54, 1.807) is 0 Å². The first kappa shape index (κ1) is 31.5. The fourth-order valence-corrected chi connectivity index (χ4v) is 4.64. The van der Waals surface area contributed by atoms with Crippen molar-refractivity contribution in [1.82, 2.24) is 16.0 Å². The maximum absolute atomic E-state index is 13.7. The van der Waals surface area contributed by atoms with Crippen LogP contribution in [0.25, 0.3) is 0 Å². The quantitative estimate of drug-likeness (QED) is 0.178. The normalized spacial score (nSPS) is 12.6. The van der Waals surface area contributed by atoms with Crippen molar-refractivity contribution in [2.45, 2.75) is 44.0 Å². The van der Waals surface area contributed by atoms with Crippen LogP contribution in [-0.2, 0) is 45.0 Å². The number of alkyl carbamates (subject to hydrolysis) is 1. The lowest BCUT2D eigenvalue weighted by Gasteiger charge is -2.25. The van der Waals surface area contributed by atoms with Gasteiger partial charge in [-0.05, 0) is 22.3 Å². The summed E-state index contributed by atoms with van der Waals surface area (Å²) >= 11 is 0. The summed E-state index contributed by atoms with van der Waals surface area (Å²) in [6.07, 6.45) is -0.277. The summed E-state index contributed by atoms with van der Waals surface area (Å²) < 4.78 is 5.37. The zero-order chi connectivity index (χ0) is 31.1. The molecule has 0 aliphatic heterocycles. The number of hydrogen-bond acceptors (Lipinski definition) is 5. The van der Waals surface area contributed by atoms with Crippen molar-refractivity contribution < 1.29 is 23.9 Å². The first-order valence-corrected chi connectivity index (χ1v) is 14.4. The van der Waals surface area contributed by atoms with Crippen LogP contribution in [0.15, 0.2) is 121 Å². The molecule has 44 heavy (non-hydrogen) atoms. The molecule has 0 radical (unpaired) electrons. The molecule has 3 unspecified atom stereocenters. The predicted molar refractivity (Wildman–Crippen MR) is 167 cm³/mol. The van der Waals surface area contributed by atoms with E-state index in [1.165, 1.54) is 0 Å². The molecular formula is C35H36N4O5. The number of carbonyl (C=O) groups is 4. The van der Waals surface area contributed by atoms with Gasteiger partial charge in [-0.25, -0.2) is 4.79 Å². The summed E-state index contributed by atoms with van der Waals surface area (Å²) in [5, 5.41) is 8.17. The molecule has 0 spiro atoms. The highest BCUT2D eigenvalue weighted by molar-refractivity contribution is 5.94. The summed E-state index contributed by atoms with van der Waals surface area (Å²) in [6.45, 7) is 0.0291. The van der Waals surface area contributed by atoms with Crippen LogP contribution in [0.2, 0.25) is 0 Å². The van der Waals surface area contributed by atoms with Gasteiger partial charge in [0, 0.05) is 19.3 Å². The van der Waals surface area contributed by atoms with Crippen LogP contribution < -0.4 is 21.7 Å². The highest BCUT2D eigenvalue weighted by Gasteiger charge is 2.30. The molecule has 4 aromatic carbocycles. The number of hydrogen-bond donors (Lipinski definition) is 4. The third-order valence-corrected chi connectivity index (χ3v) is 6.96. The second kappa shape index (κ2) is 16.3. The van der Waals surface area contributed by atoms with Crippen LogP contribution >= 0.6 is 0 Å². The molecule has 0 saturated carbocycles. The van der Waals surface area contributed by atoms with Gasteiger partial charge in [0.1, 0.15) is 24.7 Å². The molecular weight excluding hydrogens is 556 g/mol. The third-order valence-electron chi connectivity index (χ3n) is 6.96. The van der Waals surface area contributed by atoms with Crippen LogP contribution in [0.3, 0.4) is 0 Å². The summed E-state index contributed by atoms with van der Waals surface area (Å²) in [7, 11) is 0. The van der Waals surface area contributed by atoms with E-state index in [0.717, 1.165) is 22.3 Å². The topological polar surface area (TPSA) is 140 Å². The van der Waals surface area contributed by atoms with E-state index in [-0.39, 0.29) is 25.9 Å². The maximum atomic E-state index is 13.7. The lowest BCUT2D eigenvalue weighted by atomic mass is 10.0. The molecule has 9 nitrogen and oxygen atoms in total. The number of amides is 4. The average molecular weight is 593 g/mol. The van der Waals surface area contributed by atoms with Gasteiger partial charge in [0.05, 0.1) is 0 Å². The molecule has 0 heterocycles. The molecule has 9 heteroatoms. The molecule has 226 valence electrons. The lowest BCUT2D eigenvalue weighted by molar-refractivity contribution is -0.131. The SMILES string of the molecule is NC(=O)C(Cc1ccccc1)NC(=O)C(Cc1ccccc1)NC(=O)C(Cc1ccccc1)NC(=O)OCc1ccccc1. The first-order chi connectivity index (χ1) is 21.4. The van der Waals surface area contributed by atoms with Gasteiger partial charge in [0.25, 0.3) is 0 Å². The second-order valence-corrected chi connectivity index (χ2v) is 10.4. The molecule has 0 bridgehead atoms. The Morgan fingerprint density at radius 2 is 0.841 bits per heavy atom. The van der Waals surface area contributed by atoms with Gasteiger partial charge < -0.3 is 26.4 Å². The van der Waals surface area contributed by atoms with E-state index in [1.807, 2.05) is 121 Å². The van der Waals surface area contributed by atoms with Gasteiger partial charge in [0.15, 0.2) is 0 Å². The van der Waals surface area contributed by atoms with Gasteiger partial charge in [-0.3, -0.25) is 14.4 Å². The molecule has 0 saturated heterocycles. The van der Waals surface area contributed by atoms with Crippen LogP contribution in [0.5, 0.6) is 0 Å². The van der Waals surface area contributed by atoms with Crippen molar-refractivity contribution in [2.75, 3.05) is 0 Å². The summed E-state index contributed by atoms with van der Waals surface area (Å²) in [5.41, 5.74) is 8.86. The number of ether oxygens (including phenoxy) is 1. The van der Waals surface area contributed by atoms with E-state index in [9.17, 15) is 19.2 Å². The zero-order valence-corrected chi connectivity index (χ0v) is 24.2. The number of nitrogens with one attached hydrogen (secondary N) is 3. The Labute approximate surface area is 256 Å². The Hall–Kier alpha value is -5.44. The van der Waals surface area contributed by atoms with Gasteiger partial charge in [-0.2, -0.15) is 0 Å². The molecule has 5 N–H and O–H groups in total. The second-order valence-electron chi connectivity index (χ2n) is 10.4. The lowest BCUT2D eigenvalue weighted by Crippen LogP contribution is -2.57. The van der Waals surface area contributed by atoms with Gasteiger partial charge in [0.2, 0.25) is 17.7 Å². The van der Waals surface area contributed by atoms with Crippen molar-refractivity contribution in [1.29, 1.82) is 0 Å². The Bertz CT molecular complexity index is 1500. The number of benzene rings is 4. The number of primary amides is 1.